The van der Waals surface area contributed by atoms with E-state index >= 15 is 0 Å². The normalized spacial score (nSPS) is 16.8. The second-order valence-electron chi connectivity index (χ2n) is 5.90. The Balaban J connectivity index is 1.45. The number of ether oxygens (including phenoxy) is 3. The molecule has 1 heterocycles. The Labute approximate surface area is 143 Å². The summed E-state index contributed by atoms with van der Waals surface area (Å²) in [5.74, 6) is 1.80. The second kappa shape index (κ2) is 8.60. The van der Waals surface area contributed by atoms with E-state index in [4.69, 9.17) is 14.2 Å². The summed E-state index contributed by atoms with van der Waals surface area (Å²) < 4.78 is 16.8. The van der Waals surface area contributed by atoms with Gasteiger partial charge >= 0.3 is 0 Å². The van der Waals surface area contributed by atoms with Crippen LogP contribution in [-0.4, -0.2) is 25.9 Å². The first kappa shape index (κ1) is 16.7. The van der Waals surface area contributed by atoms with Crippen molar-refractivity contribution in [1.82, 2.24) is 0 Å². The molecular formula is C20H25NO3. The Morgan fingerprint density at radius 1 is 1.00 bits per heavy atom. The van der Waals surface area contributed by atoms with Gasteiger partial charge in [0.1, 0.15) is 18.1 Å². The third kappa shape index (κ3) is 4.90. The molecule has 0 aliphatic carbocycles. The van der Waals surface area contributed by atoms with Crippen molar-refractivity contribution in [1.29, 1.82) is 0 Å². The van der Waals surface area contributed by atoms with Crippen molar-refractivity contribution in [2.24, 2.45) is 0 Å². The minimum absolute atomic E-state index is 0.252. The molecule has 2 aromatic rings. The highest BCUT2D eigenvalue weighted by Gasteiger charge is 2.15. The number of hydrogen-bond donors (Lipinski definition) is 1. The Hall–Kier alpha value is -2.20. The molecule has 0 aromatic heterocycles. The van der Waals surface area contributed by atoms with Crippen LogP contribution in [-0.2, 0) is 11.3 Å². The monoisotopic (exact) mass is 327 g/mol. The maximum absolute atomic E-state index is 5.78. The zero-order chi connectivity index (χ0) is 16.6. The van der Waals surface area contributed by atoms with Crippen molar-refractivity contribution < 1.29 is 14.2 Å². The van der Waals surface area contributed by atoms with Crippen LogP contribution in [0.4, 0.5) is 5.69 Å². The molecule has 0 amide bonds. The number of benzene rings is 2. The lowest BCUT2D eigenvalue weighted by Crippen LogP contribution is -2.16. The third-order valence-electron chi connectivity index (χ3n) is 4.05. The van der Waals surface area contributed by atoms with Crippen molar-refractivity contribution in [2.75, 3.05) is 25.1 Å². The van der Waals surface area contributed by atoms with Gasteiger partial charge in [0.15, 0.2) is 0 Å². The van der Waals surface area contributed by atoms with Gasteiger partial charge in [0.05, 0.1) is 12.7 Å². The van der Waals surface area contributed by atoms with Gasteiger partial charge in [-0.1, -0.05) is 12.1 Å². The van der Waals surface area contributed by atoms with Gasteiger partial charge in [0.2, 0.25) is 0 Å². The number of anilines is 1. The van der Waals surface area contributed by atoms with Crippen LogP contribution in [0.5, 0.6) is 11.5 Å². The molecule has 24 heavy (non-hydrogen) atoms. The highest BCUT2D eigenvalue weighted by atomic mass is 16.5. The van der Waals surface area contributed by atoms with E-state index in [-0.39, 0.29) is 6.10 Å². The Morgan fingerprint density at radius 2 is 1.71 bits per heavy atom. The van der Waals surface area contributed by atoms with E-state index in [1.807, 2.05) is 43.3 Å². The molecule has 1 atom stereocenters. The van der Waals surface area contributed by atoms with Gasteiger partial charge in [-0.15, -0.1) is 0 Å². The number of nitrogens with one attached hydrogen (secondary N) is 1. The summed E-state index contributed by atoms with van der Waals surface area (Å²) in [6.07, 6.45) is 2.49. The Bertz CT molecular complexity index is 604. The Morgan fingerprint density at radius 3 is 2.38 bits per heavy atom. The van der Waals surface area contributed by atoms with Gasteiger partial charge in [0, 0.05) is 18.8 Å². The lowest BCUT2D eigenvalue weighted by atomic mass is 10.2. The van der Waals surface area contributed by atoms with Crippen molar-refractivity contribution in [3.63, 3.8) is 0 Å². The minimum Gasteiger partial charge on any atom is -0.494 e. The van der Waals surface area contributed by atoms with Crippen LogP contribution in [0.2, 0.25) is 0 Å². The van der Waals surface area contributed by atoms with Gasteiger partial charge in [-0.05, 0) is 61.7 Å². The average molecular weight is 327 g/mol. The highest BCUT2D eigenvalue weighted by molar-refractivity contribution is 5.47. The van der Waals surface area contributed by atoms with Crippen LogP contribution >= 0.6 is 0 Å². The predicted octanol–water partition coefficient (Wildman–Crippen LogP) is 4.26. The molecule has 0 saturated carbocycles. The molecule has 4 nitrogen and oxygen atoms in total. The summed E-state index contributed by atoms with van der Waals surface area (Å²) in [7, 11) is 0. The Kier molecular flexibility index (Phi) is 5.96. The van der Waals surface area contributed by atoms with E-state index in [1.54, 1.807) is 0 Å². The summed E-state index contributed by atoms with van der Waals surface area (Å²) >= 11 is 0. The fraction of sp³-hybridized carbons (Fsp3) is 0.400. The lowest BCUT2D eigenvalue weighted by Gasteiger charge is -2.12. The van der Waals surface area contributed by atoms with Gasteiger partial charge in [-0.25, -0.2) is 0 Å². The van der Waals surface area contributed by atoms with Crippen molar-refractivity contribution in [3.8, 4) is 11.5 Å². The maximum Gasteiger partial charge on any atom is 0.119 e. The van der Waals surface area contributed by atoms with E-state index in [0.29, 0.717) is 13.2 Å². The van der Waals surface area contributed by atoms with E-state index in [2.05, 4.69) is 17.4 Å². The molecule has 1 aliphatic rings. The molecule has 3 rings (SSSR count). The third-order valence-corrected chi connectivity index (χ3v) is 4.05. The minimum atomic E-state index is 0.252. The van der Waals surface area contributed by atoms with Crippen LogP contribution in [0.3, 0.4) is 0 Å². The molecule has 0 radical (unpaired) electrons. The quantitative estimate of drug-likeness (QED) is 0.786. The van der Waals surface area contributed by atoms with Crippen LogP contribution in [0.15, 0.2) is 48.5 Å². The summed E-state index contributed by atoms with van der Waals surface area (Å²) in [4.78, 5) is 0. The average Bonchev–Trinajstić information content (AvgIpc) is 3.14. The van der Waals surface area contributed by atoms with Crippen LogP contribution in [0.25, 0.3) is 0 Å². The highest BCUT2D eigenvalue weighted by Crippen LogP contribution is 2.19. The van der Waals surface area contributed by atoms with Gasteiger partial charge in [-0.3, -0.25) is 0 Å². The molecule has 1 fully saturated rings. The molecule has 128 valence electrons. The van der Waals surface area contributed by atoms with Gasteiger partial charge in [0.25, 0.3) is 0 Å². The maximum atomic E-state index is 5.78. The molecule has 2 aromatic carbocycles. The van der Waals surface area contributed by atoms with Crippen LogP contribution in [0.1, 0.15) is 25.3 Å². The molecule has 1 aliphatic heterocycles. The van der Waals surface area contributed by atoms with Gasteiger partial charge in [-0.2, -0.15) is 0 Å². The van der Waals surface area contributed by atoms with E-state index in [0.717, 1.165) is 43.2 Å². The molecule has 1 unspecified atom stereocenters. The first-order valence-electron chi connectivity index (χ1n) is 8.63. The van der Waals surface area contributed by atoms with E-state index in [1.165, 1.54) is 5.56 Å². The van der Waals surface area contributed by atoms with Crippen molar-refractivity contribution >= 4 is 5.69 Å². The zero-order valence-corrected chi connectivity index (χ0v) is 14.2. The fourth-order valence-corrected chi connectivity index (χ4v) is 2.71. The molecule has 1 N–H and O–H groups in total. The summed E-state index contributed by atoms with van der Waals surface area (Å²) in [5.41, 5.74) is 2.30. The summed E-state index contributed by atoms with van der Waals surface area (Å²) in [6, 6.07) is 16.2. The standard InChI is InChI=1S/C20H25NO3/c1-2-22-18-9-5-16(6-10-18)14-21-17-7-11-19(12-8-17)24-15-20-4-3-13-23-20/h5-12,20-21H,2-4,13-15H2,1H3. The van der Waals surface area contributed by atoms with Crippen molar-refractivity contribution in [2.45, 2.75) is 32.4 Å². The van der Waals surface area contributed by atoms with Crippen LogP contribution in [0, 0.1) is 0 Å². The van der Waals surface area contributed by atoms with E-state index < -0.39 is 0 Å². The lowest BCUT2D eigenvalue weighted by molar-refractivity contribution is 0.0679. The fourth-order valence-electron chi connectivity index (χ4n) is 2.71. The van der Waals surface area contributed by atoms with Gasteiger partial charge < -0.3 is 19.5 Å². The first-order valence-corrected chi connectivity index (χ1v) is 8.63. The molecule has 0 bridgehead atoms. The second-order valence-corrected chi connectivity index (χ2v) is 5.90. The van der Waals surface area contributed by atoms with Crippen LogP contribution < -0.4 is 14.8 Å². The smallest absolute Gasteiger partial charge is 0.119 e. The SMILES string of the molecule is CCOc1ccc(CNc2ccc(OCC3CCCO3)cc2)cc1. The molecule has 4 heteroatoms. The zero-order valence-electron chi connectivity index (χ0n) is 14.2. The predicted molar refractivity (Wildman–Crippen MR) is 95.8 cm³/mol. The number of rotatable bonds is 8. The largest absolute Gasteiger partial charge is 0.494 e. The molecule has 1 saturated heterocycles. The van der Waals surface area contributed by atoms with Crippen molar-refractivity contribution in [3.05, 3.63) is 54.1 Å². The first-order chi connectivity index (χ1) is 11.8. The summed E-state index contributed by atoms with van der Waals surface area (Å²) in [6.45, 7) is 4.96. The molecule has 0 spiro atoms. The summed E-state index contributed by atoms with van der Waals surface area (Å²) in [5, 5.41) is 3.42. The van der Waals surface area contributed by atoms with E-state index in [9.17, 15) is 0 Å². The number of hydrogen-bond acceptors (Lipinski definition) is 4. The molecular weight excluding hydrogens is 302 g/mol. The topological polar surface area (TPSA) is 39.7 Å².